The van der Waals surface area contributed by atoms with Crippen LogP contribution in [0.1, 0.15) is 10.4 Å². The maximum atomic E-state index is 12.2. The molecule has 5 nitrogen and oxygen atoms in total. The van der Waals surface area contributed by atoms with Crippen molar-refractivity contribution >= 4 is 33.5 Å². The van der Waals surface area contributed by atoms with Gasteiger partial charge in [-0.25, -0.2) is 0 Å². The number of Topliss-reactive ketones (excluding diaryl/α,β-unsaturated/α-hetero) is 1. The molecular formula is C15H11BrN4OS. The first kappa shape index (κ1) is 14.9. The predicted molar refractivity (Wildman–Crippen MR) is 88.4 cm³/mol. The second-order valence-corrected chi connectivity index (χ2v) is 6.29. The van der Waals surface area contributed by atoms with Crippen LogP contribution in [0.4, 0.5) is 0 Å². The van der Waals surface area contributed by atoms with Crippen LogP contribution in [-0.4, -0.2) is 31.7 Å². The molecule has 0 aliphatic carbocycles. The number of carbonyl (C=O) groups excluding carboxylic acids is 1. The van der Waals surface area contributed by atoms with Crippen molar-refractivity contribution in [1.82, 2.24) is 20.2 Å². The number of carbonyl (C=O) groups is 1. The molecule has 0 radical (unpaired) electrons. The lowest BCUT2D eigenvalue weighted by Crippen LogP contribution is -2.04. The van der Waals surface area contributed by atoms with Crippen LogP contribution in [0.3, 0.4) is 0 Å². The molecule has 0 bridgehead atoms. The summed E-state index contributed by atoms with van der Waals surface area (Å²) in [6, 6.07) is 16.9. The molecule has 0 aliphatic heterocycles. The van der Waals surface area contributed by atoms with Gasteiger partial charge in [0.05, 0.1) is 11.4 Å². The van der Waals surface area contributed by atoms with E-state index in [4.69, 9.17) is 0 Å². The van der Waals surface area contributed by atoms with Crippen molar-refractivity contribution in [2.45, 2.75) is 5.16 Å². The summed E-state index contributed by atoms with van der Waals surface area (Å²) in [5.74, 6) is 0.328. The Hall–Kier alpha value is -1.99. The molecular weight excluding hydrogens is 364 g/mol. The Balaban J connectivity index is 1.71. The number of para-hydroxylation sites is 1. The van der Waals surface area contributed by atoms with E-state index >= 15 is 0 Å². The summed E-state index contributed by atoms with van der Waals surface area (Å²) >= 11 is 4.68. The summed E-state index contributed by atoms with van der Waals surface area (Å²) < 4.78 is 2.57. The van der Waals surface area contributed by atoms with E-state index in [0.29, 0.717) is 10.7 Å². The van der Waals surface area contributed by atoms with Gasteiger partial charge in [-0.05, 0) is 34.7 Å². The van der Waals surface area contributed by atoms with Crippen molar-refractivity contribution in [1.29, 1.82) is 0 Å². The first-order valence-electron chi connectivity index (χ1n) is 6.49. The van der Waals surface area contributed by atoms with E-state index in [9.17, 15) is 4.79 Å². The Kier molecular flexibility index (Phi) is 4.65. The highest BCUT2D eigenvalue weighted by Gasteiger charge is 2.12. The van der Waals surface area contributed by atoms with Gasteiger partial charge in [-0.2, -0.15) is 4.68 Å². The van der Waals surface area contributed by atoms with Crippen molar-refractivity contribution < 1.29 is 4.79 Å². The number of ketones is 1. The monoisotopic (exact) mass is 374 g/mol. The van der Waals surface area contributed by atoms with Crippen molar-refractivity contribution in [2.24, 2.45) is 0 Å². The Morgan fingerprint density at radius 3 is 2.55 bits per heavy atom. The quantitative estimate of drug-likeness (QED) is 0.505. The van der Waals surface area contributed by atoms with E-state index in [1.165, 1.54) is 11.8 Å². The standard InChI is InChI=1S/C15H11BrN4OS/c16-12-8-6-11(7-9-12)14(21)10-22-15-17-18-19-20(15)13-4-2-1-3-5-13/h1-9H,10H2. The van der Waals surface area contributed by atoms with Gasteiger partial charge in [0.1, 0.15) is 0 Å². The van der Waals surface area contributed by atoms with Gasteiger partial charge in [-0.15, -0.1) is 5.10 Å². The second-order valence-electron chi connectivity index (χ2n) is 4.43. The maximum Gasteiger partial charge on any atom is 0.214 e. The first-order valence-corrected chi connectivity index (χ1v) is 8.27. The molecule has 7 heteroatoms. The van der Waals surface area contributed by atoms with E-state index in [0.717, 1.165) is 10.2 Å². The Labute approximate surface area is 139 Å². The van der Waals surface area contributed by atoms with Crippen LogP contribution in [-0.2, 0) is 0 Å². The minimum atomic E-state index is 0.0418. The highest BCUT2D eigenvalue weighted by Crippen LogP contribution is 2.20. The zero-order valence-corrected chi connectivity index (χ0v) is 13.8. The molecule has 0 N–H and O–H groups in total. The van der Waals surface area contributed by atoms with Crippen LogP contribution >= 0.6 is 27.7 Å². The lowest BCUT2D eigenvalue weighted by molar-refractivity contribution is 0.102. The molecule has 0 aliphatic rings. The molecule has 0 atom stereocenters. The number of hydrogen-bond donors (Lipinski definition) is 0. The van der Waals surface area contributed by atoms with Crippen LogP contribution < -0.4 is 0 Å². The average Bonchev–Trinajstić information content (AvgIpc) is 3.02. The number of halogens is 1. The van der Waals surface area contributed by atoms with Crippen molar-refractivity contribution in [3.63, 3.8) is 0 Å². The van der Waals surface area contributed by atoms with Gasteiger partial charge in [-0.3, -0.25) is 4.79 Å². The summed E-state index contributed by atoms with van der Waals surface area (Å²) in [5, 5.41) is 12.2. The third-order valence-corrected chi connectivity index (χ3v) is 4.39. The minimum absolute atomic E-state index is 0.0418. The molecule has 0 unspecified atom stereocenters. The Morgan fingerprint density at radius 1 is 1.09 bits per heavy atom. The van der Waals surface area contributed by atoms with Crippen molar-refractivity contribution in [3.05, 3.63) is 64.6 Å². The SMILES string of the molecule is O=C(CSc1nnnn1-c1ccccc1)c1ccc(Br)cc1. The van der Waals surface area contributed by atoms with Gasteiger partial charge in [0.2, 0.25) is 5.16 Å². The molecule has 0 spiro atoms. The fraction of sp³-hybridized carbons (Fsp3) is 0.0667. The van der Waals surface area contributed by atoms with E-state index < -0.39 is 0 Å². The summed E-state index contributed by atoms with van der Waals surface area (Å²) in [5.41, 5.74) is 1.54. The fourth-order valence-corrected chi connectivity index (χ4v) is 2.90. The van der Waals surface area contributed by atoms with Crippen LogP contribution in [0.2, 0.25) is 0 Å². The molecule has 1 heterocycles. The average molecular weight is 375 g/mol. The summed E-state index contributed by atoms with van der Waals surface area (Å²) in [7, 11) is 0. The van der Waals surface area contributed by atoms with Crippen LogP contribution in [0, 0.1) is 0 Å². The molecule has 0 amide bonds. The van der Waals surface area contributed by atoms with Crippen molar-refractivity contribution in [2.75, 3.05) is 5.75 Å². The lowest BCUT2D eigenvalue weighted by Gasteiger charge is -2.04. The summed E-state index contributed by atoms with van der Waals surface area (Å²) in [6.07, 6.45) is 0. The number of hydrogen-bond acceptors (Lipinski definition) is 5. The smallest absolute Gasteiger partial charge is 0.214 e. The van der Waals surface area contributed by atoms with Crippen molar-refractivity contribution in [3.8, 4) is 5.69 Å². The zero-order valence-electron chi connectivity index (χ0n) is 11.4. The molecule has 1 aromatic heterocycles. The lowest BCUT2D eigenvalue weighted by atomic mass is 10.2. The third kappa shape index (κ3) is 3.42. The third-order valence-electron chi connectivity index (χ3n) is 2.94. The van der Waals surface area contributed by atoms with E-state index in [-0.39, 0.29) is 11.5 Å². The molecule has 0 saturated carbocycles. The largest absolute Gasteiger partial charge is 0.293 e. The van der Waals surface area contributed by atoms with Gasteiger partial charge >= 0.3 is 0 Å². The minimum Gasteiger partial charge on any atom is -0.293 e. The summed E-state index contributed by atoms with van der Waals surface area (Å²) in [6.45, 7) is 0. The highest BCUT2D eigenvalue weighted by molar-refractivity contribution is 9.10. The topological polar surface area (TPSA) is 60.7 Å². The fourth-order valence-electron chi connectivity index (χ4n) is 1.85. The van der Waals surface area contributed by atoms with Crippen LogP contribution in [0.5, 0.6) is 0 Å². The van der Waals surface area contributed by atoms with Crippen LogP contribution in [0.15, 0.2) is 64.2 Å². The number of tetrazole rings is 1. The number of thioether (sulfide) groups is 1. The molecule has 0 saturated heterocycles. The molecule has 3 aromatic rings. The van der Waals surface area contributed by atoms with Gasteiger partial charge in [-0.1, -0.05) is 58.0 Å². The van der Waals surface area contributed by atoms with Gasteiger partial charge < -0.3 is 0 Å². The molecule has 110 valence electrons. The maximum absolute atomic E-state index is 12.2. The van der Waals surface area contributed by atoms with Gasteiger partial charge in [0.15, 0.2) is 5.78 Å². The summed E-state index contributed by atoms with van der Waals surface area (Å²) in [4.78, 5) is 12.2. The predicted octanol–water partition coefficient (Wildman–Crippen LogP) is 3.40. The van der Waals surface area contributed by atoms with Gasteiger partial charge in [0.25, 0.3) is 0 Å². The molecule has 3 rings (SSSR count). The van der Waals surface area contributed by atoms with E-state index in [2.05, 4.69) is 31.5 Å². The molecule has 2 aromatic carbocycles. The number of rotatable bonds is 5. The Bertz CT molecular complexity index is 774. The zero-order chi connectivity index (χ0) is 15.4. The van der Waals surface area contributed by atoms with E-state index in [1.54, 1.807) is 16.8 Å². The number of nitrogens with zero attached hydrogens (tertiary/aromatic N) is 4. The van der Waals surface area contributed by atoms with Gasteiger partial charge in [0, 0.05) is 10.0 Å². The first-order chi connectivity index (χ1) is 10.7. The Morgan fingerprint density at radius 2 is 1.82 bits per heavy atom. The van der Waals surface area contributed by atoms with E-state index in [1.807, 2.05) is 42.5 Å². The normalized spacial score (nSPS) is 10.6. The highest BCUT2D eigenvalue weighted by atomic mass is 79.9. The van der Waals surface area contributed by atoms with Crippen LogP contribution in [0.25, 0.3) is 5.69 Å². The number of aromatic nitrogens is 4. The molecule has 22 heavy (non-hydrogen) atoms. The second kappa shape index (κ2) is 6.85. The number of benzene rings is 2. The molecule has 0 fully saturated rings.